The number of aromatic nitrogens is 2. The lowest BCUT2D eigenvalue weighted by Crippen LogP contribution is -2.30. The zero-order chi connectivity index (χ0) is 16.6. The number of nitrogens with one attached hydrogen (secondary N) is 3. The summed E-state index contributed by atoms with van der Waals surface area (Å²) in [6, 6.07) is 7.22. The Labute approximate surface area is 131 Å². The van der Waals surface area contributed by atoms with Crippen molar-refractivity contribution in [2.24, 2.45) is 5.84 Å². The number of aromatic amines is 1. The first-order chi connectivity index (χ1) is 11.0. The molecule has 7 heteroatoms. The molecule has 1 amide bonds. The van der Waals surface area contributed by atoms with E-state index in [0.717, 1.165) is 11.1 Å². The van der Waals surface area contributed by atoms with Gasteiger partial charge in [-0.15, -0.1) is 0 Å². The standard InChI is InChI=1S/C16H16FN5O/c1-8-3-4-11(9(2)5-8)21-14-10(16(23)22-18)6-12-15(13(14)17)20-7-19-12/h3-7,21H,18H2,1-2H3,(H,19,20)(H,22,23). The van der Waals surface area contributed by atoms with Crippen LogP contribution in [-0.2, 0) is 0 Å². The van der Waals surface area contributed by atoms with Gasteiger partial charge in [0.15, 0.2) is 5.82 Å². The summed E-state index contributed by atoms with van der Waals surface area (Å²) in [5.41, 5.74) is 5.49. The lowest BCUT2D eigenvalue weighted by Gasteiger charge is -2.15. The largest absolute Gasteiger partial charge is 0.352 e. The molecule has 23 heavy (non-hydrogen) atoms. The van der Waals surface area contributed by atoms with Gasteiger partial charge >= 0.3 is 0 Å². The Balaban J connectivity index is 2.17. The summed E-state index contributed by atoms with van der Waals surface area (Å²) in [6.45, 7) is 3.88. The van der Waals surface area contributed by atoms with Crippen molar-refractivity contribution in [3.63, 3.8) is 0 Å². The number of hydrogen-bond acceptors (Lipinski definition) is 4. The van der Waals surface area contributed by atoms with Gasteiger partial charge in [-0.05, 0) is 31.5 Å². The molecule has 3 rings (SSSR count). The minimum atomic E-state index is -0.609. The number of imidazole rings is 1. The van der Waals surface area contributed by atoms with Gasteiger partial charge in [0.2, 0.25) is 0 Å². The molecular formula is C16H16FN5O. The third-order valence-corrected chi connectivity index (χ3v) is 3.67. The van der Waals surface area contributed by atoms with Crippen molar-refractivity contribution in [2.75, 3.05) is 5.32 Å². The number of carbonyl (C=O) groups is 1. The molecular weight excluding hydrogens is 297 g/mol. The number of benzene rings is 2. The molecule has 1 heterocycles. The van der Waals surface area contributed by atoms with E-state index in [-0.39, 0.29) is 16.8 Å². The highest BCUT2D eigenvalue weighted by molar-refractivity contribution is 6.04. The number of amides is 1. The van der Waals surface area contributed by atoms with Crippen molar-refractivity contribution >= 4 is 28.3 Å². The molecule has 0 fully saturated rings. The molecule has 1 aromatic heterocycles. The van der Waals surface area contributed by atoms with Crippen LogP contribution in [0, 0.1) is 19.7 Å². The molecule has 0 atom stereocenters. The number of hydrogen-bond donors (Lipinski definition) is 4. The van der Waals surface area contributed by atoms with Gasteiger partial charge in [0.1, 0.15) is 5.52 Å². The Hall–Kier alpha value is -2.93. The summed E-state index contributed by atoms with van der Waals surface area (Å²) >= 11 is 0. The fourth-order valence-corrected chi connectivity index (χ4v) is 2.51. The maximum atomic E-state index is 14.8. The molecule has 0 spiro atoms. The van der Waals surface area contributed by atoms with Gasteiger partial charge in [0.25, 0.3) is 5.91 Å². The van der Waals surface area contributed by atoms with E-state index < -0.39 is 11.7 Å². The lowest BCUT2D eigenvalue weighted by atomic mass is 10.1. The highest BCUT2D eigenvalue weighted by Crippen LogP contribution is 2.31. The predicted molar refractivity (Wildman–Crippen MR) is 86.9 cm³/mol. The Morgan fingerprint density at radius 2 is 2.09 bits per heavy atom. The third kappa shape index (κ3) is 2.62. The molecule has 2 aromatic carbocycles. The Morgan fingerprint density at radius 3 is 2.78 bits per heavy atom. The molecule has 0 radical (unpaired) electrons. The van der Waals surface area contributed by atoms with Crippen molar-refractivity contribution in [1.82, 2.24) is 15.4 Å². The number of nitrogen functional groups attached to an aromatic ring is 1. The number of anilines is 2. The second-order valence-electron chi connectivity index (χ2n) is 5.33. The maximum absolute atomic E-state index is 14.8. The zero-order valence-electron chi connectivity index (χ0n) is 12.7. The average molecular weight is 313 g/mol. The highest BCUT2D eigenvalue weighted by Gasteiger charge is 2.20. The normalized spacial score (nSPS) is 10.8. The molecule has 5 N–H and O–H groups in total. The molecule has 0 aliphatic heterocycles. The molecule has 118 valence electrons. The number of rotatable bonds is 3. The van der Waals surface area contributed by atoms with Crippen LogP contribution in [-0.4, -0.2) is 15.9 Å². The first kappa shape index (κ1) is 15.0. The van der Waals surface area contributed by atoms with E-state index in [0.29, 0.717) is 11.2 Å². The first-order valence-electron chi connectivity index (χ1n) is 7.02. The second kappa shape index (κ2) is 5.69. The Bertz CT molecular complexity index is 903. The Kier molecular flexibility index (Phi) is 3.71. The molecule has 0 saturated heterocycles. The van der Waals surface area contributed by atoms with Gasteiger partial charge in [-0.3, -0.25) is 10.2 Å². The number of H-pyrrole nitrogens is 1. The minimum absolute atomic E-state index is 0.0412. The number of fused-ring (bicyclic) bond motifs is 1. The summed E-state index contributed by atoms with van der Waals surface area (Å²) in [7, 11) is 0. The van der Waals surface area contributed by atoms with Crippen LogP contribution in [0.15, 0.2) is 30.6 Å². The maximum Gasteiger partial charge on any atom is 0.267 e. The molecule has 6 nitrogen and oxygen atoms in total. The first-order valence-corrected chi connectivity index (χ1v) is 7.02. The number of nitrogens with two attached hydrogens (primary N) is 1. The second-order valence-corrected chi connectivity index (χ2v) is 5.33. The van der Waals surface area contributed by atoms with E-state index >= 15 is 0 Å². The van der Waals surface area contributed by atoms with Gasteiger partial charge in [-0.1, -0.05) is 17.7 Å². The van der Waals surface area contributed by atoms with Crippen molar-refractivity contribution < 1.29 is 9.18 Å². The number of aryl methyl sites for hydroxylation is 2. The van der Waals surface area contributed by atoms with Gasteiger partial charge in [-0.25, -0.2) is 15.2 Å². The quantitative estimate of drug-likeness (QED) is 0.339. The van der Waals surface area contributed by atoms with Gasteiger partial charge in [0.05, 0.1) is 23.1 Å². The fraction of sp³-hybridized carbons (Fsp3) is 0.125. The summed E-state index contributed by atoms with van der Waals surface area (Å²) in [6.07, 6.45) is 1.37. The molecule has 3 aromatic rings. The monoisotopic (exact) mass is 313 g/mol. The van der Waals surface area contributed by atoms with E-state index in [9.17, 15) is 9.18 Å². The van der Waals surface area contributed by atoms with E-state index in [4.69, 9.17) is 5.84 Å². The fourth-order valence-electron chi connectivity index (χ4n) is 2.51. The number of hydrazine groups is 1. The van der Waals surface area contributed by atoms with Crippen LogP contribution in [0.5, 0.6) is 0 Å². The number of halogens is 1. The van der Waals surface area contributed by atoms with Crippen LogP contribution >= 0.6 is 0 Å². The van der Waals surface area contributed by atoms with Gasteiger partial charge < -0.3 is 10.3 Å². The summed E-state index contributed by atoms with van der Waals surface area (Å²) in [5, 5.41) is 2.99. The molecule has 0 saturated carbocycles. The summed E-state index contributed by atoms with van der Waals surface area (Å²) in [4.78, 5) is 18.7. The third-order valence-electron chi connectivity index (χ3n) is 3.67. The zero-order valence-corrected chi connectivity index (χ0v) is 12.7. The van der Waals surface area contributed by atoms with Gasteiger partial charge in [0, 0.05) is 5.69 Å². The van der Waals surface area contributed by atoms with Crippen LogP contribution in [0.25, 0.3) is 11.0 Å². The predicted octanol–water partition coefficient (Wildman–Crippen LogP) is 2.67. The SMILES string of the molecule is Cc1ccc(Nc2c(C(=O)NN)cc3[nH]cnc3c2F)c(C)c1. The van der Waals surface area contributed by atoms with Crippen molar-refractivity contribution in [1.29, 1.82) is 0 Å². The number of nitrogens with zero attached hydrogens (tertiary/aromatic N) is 1. The van der Waals surface area contributed by atoms with Crippen LogP contribution in [0.4, 0.5) is 15.8 Å². The van der Waals surface area contributed by atoms with E-state index in [1.807, 2.05) is 37.5 Å². The topological polar surface area (TPSA) is 95.8 Å². The molecule has 0 aliphatic rings. The van der Waals surface area contributed by atoms with E-state index in [1.54, 1.807) is 0 Å². The average Bonchev–Trinajstić information content (AvgIpc) is 3.00. The number of carbonyl (C=O) groups excluding carboxylic acids is 1. The van der Waals surface area contributed by atoms with Crippen molar-refractivity contribution in [3.8, 4) is 0 Å². The Morgan fingerprint density at radius 1 is 1.30 bits per heavy atom. The molecule has 0 aliphatic carbocycles. The van der Waals surface area contributed by atoms with Gasteiger partial charge in [-0.2, -0.15) is 0 Å². The van der Waals surface area contributed by atoms with Crippen LogP contribution in [0.1, 0.15) is 21.5 Å². The van der Waals surface area contributed by atoms with Crippen LogP contribution in [0.3, 0.4) is 0 Å². The summed E-state index contributed by atoms with van der Waals surface area (Å²) in [5.74, 6) is 4.01. The molecule has 0 unspecified atom stereocenters. The van der Waals surface area contributed by atoms with E-state index in [1.165, 1.54) is 12.4 Å². The minimum Gasteiger partial charge on any atom is -0.352 e. The highest BCUT2D eigenvalue weighted by atomic mass is 19.1. The molecule has 0 bridgehead atoms. The van der Waals surface area contributed by atoms with Crippen LogP contribution in [0.2, 0.25) is 0 Å². The van der Waals surface area contributed by atoms with Crippen LogP contribution < -0.4 is 16.6 Å². The smallest absolute Gasteiger partial charge is 0.267 e. The van der Waals surface area contributed by atoms with Crippen molar-refractivity contribution in [3.05, 3.63) is 53.1 Å². The summed E-state index contributed by atoms with van der Waals surface area (Å²) < 4.78 is 14.8. The lowest BCUT2D eigenvalue weighted by molar-refractivity contribution is 0.0954. The van der Waals surface area contributed by atoms with Crippen molar-refractivity contribution in [2.45, 2.75) is 13.8 Å². The van der Waals surface area contributed by atoms with E-state index in [2.05, 4.69) is 15.3 Å².